The van der Waals surface area contributed by atoms with E-state index in [0.717, 1.165) is 11.3 Å². The van der Waals surface area contributed by atoms with Crippen molar-refractivity contribution in [1.29, 1.82) is 0 Å². The molecule has 1 aromatic heterocycles. The predicted molar refractivity (Wildman–Crippen MR) is 129 cm³/mol. The van der Waals surface area contributed by atoms with Gasteiger partial charge in [0.05, 0.1) is 37.9 Å². The van der Waals surface area contributed by atoms with Crippen molar-refractivity contribution in [2.24, 2.45) is 0 Å². The van der Waals surface area contributed by atoms with Crippen molar-refractivity contribution < 1.29 is 23.4 Å². The molecule has 3 aromatic rings. The number of para-hydroxylation sites is 1. The molecular formula is C25H30F2N4O3. The average molecular weight is 473 g/mol. The lowest BCUT2D eigenvalue weighted by Crippen LogP contribution is -2.36. The van der Waals surface area contributed by atoms with Crippen LogP contribution in [0, 0.1) is 18.6 Å². The largest absolute Gasteiger partial charge is 0.505 e. The van der Waals surface area contributed by atoms with E-state index < -0.39 is 11.6 Å². The highest BCUT2D eigenvalue weighted by molar-refractivity contribution is 5.76. The van der Waals surface area contributed by atoms with Crippen LogP contribution in [0.25, 0.3) is 11.1 Å². The van der Waals surface area contributed by atoms with Gasteiger partial charge < -0.3 is 25.6 Å². The molecule has 1 aliphatic rings. The molecule has 4 rings (SSSR count). The number of aromatic hydroxyl groups is 1. The maximum Gasteiger partial charge on any atom is 0.216 e. The van der Waals surface area contributed by atoms with Crippen molar-refractivity contribution in [3.8, 4) is 22.8 Å². The Hall–Kier alpha value is -3.43. The molecule has 0 radical (unpaired) electrons. The quantitative estimate of drug-likeness (QED) is 0.379. The summed E-state index contributed by atoms with van der Waals surface area (Å²) in [5.41, 5.74) is 8.44. The number of anilines is 2. The van der Waals surface area contributed by atoms with Gasteiger partial charge in [-0.25, -0.2) is 13.8 Å². The zero-order valence-electron chi connectivity index (χ0n) is 19.6. The van der Waals surface area contributed by atoms with Crippen LogP contribution in [0.1, 0.15) is 11.1 Å². The van der Waals surface area contributed by atoms with E-state index in [1.807, 2.05) is 24.9 Å². The molecule has 0 spiro atoms. The van der Waals surface area contributed by atoms with Crippen LogP contribution >= 0.6 is 0 Å². The van der Waals surface area contributed by atoms with Gasteiger partial charge in [-0.3, -0.25) is 4.90 Å². The minimum atomic E-state index is -0.631. The Morgan fingerprint density at radius 3 is 2.44 bits per heavy atom. The first kappa shape index (κ1) is 25.2. The van der Waals surface area contributed by atoms with Crippen molar-refractivity contribution in [3.63, 3.8) is 0 Å². The number of ether oxygens (including phenoxy) is 2. The van der Waals surface area contributed by atoms with E-state index in [9.17, 15) is 13.9 Å². The fourth-order valence-corrected chi connectivity index (χ4v) is 3.60. The number of aromatic nitrogens is 1. The van der Waals surface area contributed by atoms with Gasteiger partial charge in [-0.1, -0.05) is 12.1 Å². The Morgan fingerprint density at radius 2 is 1.85 bits per heavy atom. The fourth-order valence-electron chi connectivity index (χ4n) is 3.60. The summed E-state index contributed by atoms with van der Waals surface area (Å²) in [7, 11) is 3.48. The molecule has 4 N–H and O–H groups in total. The first-order valence-electron chi connectivity index (χ1n) is 10.9. The highest BCUT2D eigenvalue weighted by atomic mass is 19.1. The van der Waals surface area contributed by atoms with E-state index in [1.165, 1.54) is 18.2 Å². The highest BCUT2D eigenvalue weighted by Crippen LogP contribution is 2.35. The summed E-state index contributed by atoms with van der Waals surface area (Å²) in [5, 5.41) is 13.0. The third-order valence-corrected chi connectivity index (χ3v) is 5.52. The molecule has 7 nitrogen and oxygen atoms in total. The van der Waals surface area contributed by atoms with Gasteiger partial charge in [0, 0.05) is 43.4 Å². The number of pyridine rings is 1. The topological polar surface area (TPSA) is 92.9 Å². The number of rotatable bonds is 5. The SMILES string of the molecule is CNc1cnc(OC)c(C)c1.Nc1cccc(-c2cc(F)c(CN3CCOCC3)c(F)c2)c1O. The number of morpholine rings is 1. The average Bonchev–Trinajstić information content (AvgIpc) is 2.84. The molecule has 0 bridgehead atoms. The Morgan fingerprint density at radius 1 is 1.18 bits per heavy atom. The first-order valence-corrected chi connectivity index (χ1v) is 10.9. The molecule has 1 saturated heterocycles. The molecule has 9 heteroatoms. The summed E-state index contributed by atoms with van der Waals surface area (Å²) in [6, 6.07) is 9.17. The van der Waals surface area contributed by atoms with Crippen molar-refractivity contribution in [3.05, 3.63) is 65.4 Å². The lowest BCUT2D eigenvalue weighted by atomic mass is 10.0. The molecule has 2 heterocycles. The van der Waals surface area contributed by atoms with Crippen LogP contribution in [0.2, 0.25) is 0 Å². The van der Waals surface area contributed by atoms with Gasteiger partial charge in [0.1, 0.15) is 17.4 Å². The minimum absolute atomic E-state index is 0.0269. The van der Waals surface area contributed by atoms with E-state index >= 15 is 0 Å². The zero-order chi connectivity index (χ0) is 24.7. The van der Waals surface area contributed by atoms with E-state index in [2.05, 4.69) is 10.3 Å². The van der Waals surface area contributed by atoms with E-state index in [-0.39, 0.29) is 29.1 Å². The maximum absolute atomic E-state index is 14.4. The second kappa shape index (κ2) is 11.6. The molecule has 0 aliphatic carbocycles. The number of phenolic OH excluding ortho intramolecular Hbond substituents is 1. The highest BCUT2D eigenvalue weighted by Gasteiger charge is 2.18. The van der Waals surface area contributed by atoms with Crippen LogP contribution in [-0.4, -0.2) is 55.5 Å². The number of benzene rings is 2. The van der Waals surface area contributed by atoms with Crippen LogP contribution in [0.5, 0.6) is 11.6 Å². The minimum Gasteiger partial charge on any atom is -0.505 e. The van der Waals surface area contributed by atoms with Crippen LogP contribution < -0.4 is 15.8 Å². The van der Waals surface area contributed by atoms with Gasteiger partial charge in [-0.05, 0) is 36.8 Å². The summed E-state index contributed by atoms with van der Waals surface area (Å²) >= 11 is 0. The van der Waals surface area contributed by atoms with Gasteiger partial charge >= 0.3 is 0 Å². The number of phenols is 1. The predicted octanol–water partition coefficient (Wildman–Crippen LogP) is 4.19. The molecule has 0 unspecified atom stereocenters. The van der Waals surface area contributed by atoms with Crippen molar-refractivity contribution >= 4 is 11.4 Å². The first-order chi connectivity index (χ1) is 16.3. The molecule has 2 aromatic carbocycles. The number of nitrogen functional groups attached to an aromatic ring is 1. The molecule has 0 saturated carbocycles. The molecular weight excluding hydrogens is 442 g/mol. The van der Waals surface area contributed by atoms with Crippen LogP contribution in [-0.2, 0) is 11.3 Å². The summed E-state index contributed by atoms with van der Waals surface area (Å²) in [4.78, 5) is 6.03. The third kappa shape index (κ3) is 6.12. The lowest BCUT2D eigenvalue weighted by Gasteiger charge is -2.27. The van der Waals surface area contributed by atoms with Crippen LogP contribution in [0.4, 0.5) is 20.2 Å². The molecule has 34 heavy (non-hydrogen) atoms. The van der Waals surface area contributed by atoms with Gasteiger partial charge in [0.15, 0.2) is 0 Å². The third-order valence-electron chi connectivity index (χ3n) is 5.52. The Bertz CT molecular complexity index is 1100. The van der Waals surface area contributed by atoms with E-state index in [1.54, 1.807) is 25.4 Å². The van der Waals surface area contributed by atoms with E-state index in [4.69, 9.17) is 15.2 Å². The van der Waals surface area contributed by atoms with Gasteiger partial charge in [-0.2, -0.15) is 0 Å². The summed E-state index contributed by atoms with van der Waals surface area (Å²) in [6.45, 7) is 4.60. The van der Waals surface area contributed by atoms with Gasteiger partial charge in [0.25, 0.3) is 0 Å². The molecule has 1 aliphatic heterocycles. The number of nitrogens with zero attached hydrogens (tertiary/aromatic N) is 2. The zero-order valence-corrected chi connectivity index (χ0v) is 19.6. The molecule has 0 amide bonds. The van der Waals surface area contributed by atoms with Crippen molar-refractivity contribution in [1.82, 2.24) is 9.88 Å². The van der Waals surface area contributed by atoms with E-state index in [0.29, 0.717) is 37.7 Å². The number of methoxy groups -OCH3 is 1. The smallest absolute Gasteiger partial charge is 0.216 e. The Balaban J connectivity index is 0.000000248. The maximum atomic E-state index is 14.4. The standard InChI is InChI=1S/C17H18F2N2O2.C8H12N2O/c18-14-8-11(12-2-1-3-16(20)17(12)22)9-15(19)13(14)10-21-4-6-23-7-5-21;1-6-4-7(9-2)5-10-8(6)11-3/h1-3,8-9,22H,4-7,10,20H2;4-5,9H,1-3H3. The van der Waals surface area contributed by atoms with Crippen molar-refractivity contribution in [2.75, 3.05) is 51.5 Å². The second-order valence-electron chi connectivity index (χ2n) is 7.85. The number of aryl methyl sites for hydroxylation is 1. The number of hydrogen-bond donors (Lipinski definition) is 3. The Kier molecular flexibility index (Phi) is 8.61. The lowest BCUT2D eigenvalue weighted by molar-refractivity contribution is 0.0332. The van der Waals surface area contributed by atoms with Crippen LogP contribution in [0.3, 0.4) is 0 Å². The molecule has 1 fully saturated rings. The fraction of sp³-hybridized carbons (Fsp3) is 0.320. The monoisotopic (exact) mass is 472 g/mol. The van der Waals surface area contributed by atoms with Gasteiger partial charge in [0.2, 0.25) is 5.88 Å². The van der Waals surface area contributed by atoms with Crippen molar-refractivity contribution in [2.45, 2.75) is 13.5 Å². The molecule has 0 atom stereocenters. The number of nitrogens with two attached hydrogens (primary N) is 1. The Labute approximate surface area is 198 Å². The normalized spacial score (nSPS) is 13.7. The number of hydrogen-bond acceptors (Lipinski definition) is 7. The number of nitrogens with one attached hydrogen (secondary N) is 1. The summed E-state index contributed by atoms with van der Waals surface area (Å²) in [5.74, 6) is -0.752. The van der Waals surface area contributed by atoms with Crippen LogP contribution in [0.15, 0.2) is 42.6 Å². The van der Waals surface area contributed by atoms with Gasteiger partial charge in [-0.15, -0.1) is 0 Å². The molecule has 182 valence electrons. The summed E-state index contributed by atoms with van der Waals surface area (Å²) < 4.78 is 39.0. The number of halogens is 2. The second-order valence-corrected chi connectivity index (χ2v) is 7.85. The summed E-state index contributed by atoms with van der Waals surface area (Å²) in [6.07, 6.45) is 1.74.